The summed E-state index contributed by atoms with van der Waals surface area (Å²) < 4.78 is 0. The number of aromatic carboxylic acids is 2. The Bertz CT molecular complexity index is 418. The van der Waals surface area contributed by atoms with Gasteiger partial charge in [0.05, 0.1) is 11.1 Å². The Morgan fingerprint density at radius 3 is 1.62 bits per heavy atom. The molecule has 6 heteroatoms. The predicted molar refractivity (Wildman–Crippen MR) is 61.4 cm³/mol. The topological polar surface area (TPSA) is 101 Å². The van der Waals surface area contributed by atoms with Crippen molar-refractivity contribution in [3.8, 4) is 0 Å². The van der Waals surface area contributed by atoms with Crippen molar-refractivity contribution in [2.75, 3.05) is 5.73 Å². The first-order chi connectivity index (χ1) is 6.86. The molecule has 0 aliphatic heterocycles. The van der Waals surface area contributed by atoms with Gasteiger partial charge in [-0.25, -0.2) is 9.59 Å². The van der Waals surface area contributed by atoms with Gasteiger partial charge in [0.15, 0.2) is 0 Å². The van der Waals surface area contributed by atoms with Gasteiger partial charge in [0, 0.05) is 5.69 Å². The molecule has 0 bridgehead atoms. The summed E-state index contributed by atoms with van der Waals surface area (Å²) >= 11 is 0. The molecule has 1 aromatic carbocycles. The van der Waals surface area contributed by atoms with Crippen molar-refractivity contribution in [1.29, 1.82) is 0 Å². The van der Waals surface area contributed by atoms with Crippen LogP contribution in [0.5, 0.6) is 0 Å². The molecule has 0 atom stereocenters. The molecule has 16 heavy (non-hydrogen) atoms. The van der Waals surface area contributed by atoms with Crippen LogP contribution in [0.2, 0.25) is 0 Å². The number of nitrogens with two attached hydrogens (primary N) is 1. The second kappa shape index (κ2) is 5.34. The number of nitrogen functional groups attached to an aromatic ring is 1. The average molecular weight is 233 g/mol. The van der Waals surface area contributed by atoms with Crippen molar-refractivity contribution in [3.63, 3.8) is 0 Å². The van der Waals surface area contributed by atoms with Crippen LogP contribution >= 0.6 is 0 Å². The average Bonchev–Trinajstić information content (AvgIpc) is 2.13. The van der Waals surface area contributed by atoms with E-state index in [1.807, 2.05) is 0 Å². The van der Waals surface area contributed by atoms with Crippen molar-refractivity contribution < 1.29 is 19.8 Å². The number of hydrogen-bond donors (Lipinski definition) is 3. The van der Waals surface area contributed by atoms with Gasteiger partial charge in [-0.15, -0.1) is 0 Å². The van der Waals surface area contributed by atoms with E-state index < -0.39 is 11.9 Å². The Hall–Kier alpha value is -1.04. The first kappa shape index (κ1) is 15.0. The van der Waals surface area contributed by atoms with E-state index in [0.717, 1.165) is 6.07 Å². The Kier molecular flexibility index (Phi) is 4.99. The molecule has 0 fully saturated rings. The quantitative estimate of drug-likeness (QED) is 0.514. The number of hydrogen-bond acceptors (Lipinski definition) is 3. The maximum absolute atomic E-state index is 10.8. The zero-order chi connectivity index (χ0) is 11.7. The summed E-state index contributed by atoms with van der Waals surface area (Å²) in [5.74, 6) is -2.36. The number of rotatable bonds is 2. The minimum absolute atomic E-state index is 0. The fourth-order valence-corrected chi connectivity index (χ4v) is 1.38. The third-order valence-electron chi connectivity index (χ3n) is 2.37. The molecule has 0 radical (unpaired) electrons. The van der Waals surface area contributed by atoms with E-state index in [0.29, 0.717) is 11.1 Å². The van der Waals surface area contributed by atoms with E-state index in [1.165, 1.54) is 0 Å². The molecule has 0 aliphatic carbocycles. The monoisotopic (exact) mass is 233 g/mol. The molecule has 0 aromatic heterocycles. The van der Waals surface area contributed by atoms with Crippen LogP contribution in [0, 0.1) is 13.8 Å². The van der Waals surface area contributed by atoms with Crippen molar-refractivity contribution in [3.05, 3.63) is 28.3 Å². The van der Waals surface area contributed by atoms with Crippen molar-refractivity contribution in [1.82, 2.24) is 0 Å². The van der Waals surface area contributed by atoms with Crippen molar-refractivity contribution in [2.45, 2.75) is 13.8 Å². The van der Waals surface area contributed by atoms with Gasteiger partial charge < -0.3 is 15.9 Å². The Morgan fingerprint density at radius 2 is 1.38 bits per heavy atom. The van der Waals surface area contributed by atoms with Crippen LogP contribution in [-0.4, -0.2) is 51.7 Å². The SMILES string of the molecule is Cc1c(C(=O)O)cc(C(=O)O)c(C)c1N.[NaH]. The van der Waals surface area contributed by atoms with Crippen LogP contribution in [0.15, 0.2) is 6.07 Å². The molecule has 0 unspecified atom stereocenters. The number of benzene rings is 1. The molecule has 82 valence electrons. The number of carboxylic acids is 2. The third-order valence-corrected chi connectivity index (χ3v) is 2.37. The molecular weight excluding hydrogens is 221 g/mol. The molecule has 5 nitrogen and oxygen atoms in total. The molecule has 1 aromatic rings. The predicted octanol–water partition coefficient (Wildman–Crippen LogP) is 0.634. The number of carboxylic acid groups (broad SMARTS) is 2. The first-order valence-corrected chi connectivity index (χ1v) is 4.22. The van der Waals surface area contributed by atoms with Crippen molar-refractivity contribution >= 4 is 47.2 Å². The summed E-state index contributed by atoms with van der Waals surface area (Å²) in [7, 11) is 0. The van der Waals surface area contributed by atoms with Crippen LogP contribution in [0.1, 0.15) is 31.8 Å². The van der Waals surface area contributed by atoms with Gasteiger partial charge in [-0.2, -0.15) is 0 Å². The Balaban J connectivity index is 0.00000225. The Labute approximate surface area is 115 Å². The van der Waals surface area contributed by atoms with Crippen LogP contribution in [-0.2, 0) is 0 Å². The first-order valence-electron chi connectivity index (χ1n) is 4.22. The molecule has 1 rings (SSSR count). The van der Waals surface area contributed by atoms with E-state index in [4.69, 9.17) is 15.9 Å². The fraction of sp³-hybridized carbons (Fsp3) is 0.200. The maximum atomic E-state index is 10.8. The molecule has 4 N–H and O–H groups in total. The van der Waals surface area contributed by atoms with E-state index in [2.05, 4.69) is 0 Å². The number of carbonyl (C=O) groups is 2. The molecule has 0 amide bonds. The van der Waals surface area contributed by atoms with Crippen LogP contribution < -0.4 is 5.73 Å². The van der Waals surface area contributed by atoms with E-state index >= 15 is 0 Å². The zero-order valence-electron chi connectivity index (χ0n) is 8.37. The van der Waals surface area contributed by atoms with Gasteiger partial charge in [-0.1, -0.05) is 0 Å². The summed E-state index contributed by atoms with van der Waals surface area (Å²) in [6, 6.07) is 1.13. The van der Waals surface area contributed by atoms with Gasteiger partial charge in [0.25, 0.3) is 0 Å². The van der Waals surface area contributed by atoms with E-state index in [9.17, 15) is 9.59 Å². The molecule has 0 aliphatic rings. The molecule has 0 spiro atoms. The van der Waals surface area contributed by atoms with E-state index in [1.54, 1.807) is 13.8 Å². The van der Waals surface area contributed by atoms with Crippen molar-refractivity contribution in [2.24, 2.45) is 0 Å². The number of anilines is 1. The zero-order valence-corrected chi connectivity index (χ0v) is 8.37. The summed E-state index contributed by atoms with van der Waals surface area (Å²) in [6.07, 6.45) is 0. The van der Waals surface area contributed by atoms with Gasteiger partial charge in [-0.3, -0.25) is 0 Å². The van der Waals surface area contributed by atoms with Crippen LogP contribution in [0.25, 0.3) is 0 Å². The Morgan fingerprint density at radius 1 is 1.06 bits per heavy atom. The van der Waals surface area contributed by atoms with Gasteiger partial charge in [0.1, 0.15) is 0 Å². The standard InChI is InChI=1S/C10H11NO4.Na.H/c1-4-6(9(12)13)3-7(10(14)15)5(2)8(4)11;;/h3H,11H2,1-2H3,(H,12,13)(H,14,15);;. The second-order valence-corrected chi connectivity index (χ2v) is 3.25. The van der Waals surface area contributed by atoms with E-state index in [-0.39, 0.29) is 46.4 Å². The summed E-state index contributed by atoms with van der Waals surface area (Å²) in [5.41, 5.74) is 6.49. The molecule has 0 saturated heterocycles. The van der Waals surface area contributed by atoms with Gasteiger partial charge >= 0.3 is 41.5 Å². The molecule has 0 saturated carbocycles. The molecule has 0 heterocycles. The third kappa shape index (κ3) is 2.55. The summed E-state index contributed by atoms with van der Waals surface area (Å²) in [4.78, 5) is 21.6. The second-order valence-electron chi connectivity index (χ2n) is 3.25. The van der Waals surface area contributed by atoms with Crippen LogP contribution in [0.4, 0.5) is 5.69 Å². The normalized spacial score (nSPS) is 9.38. The van der Waals surface area contributed by atoms with Gasteiger partial charge in [-0.05, 0) is 31.0 Å². The summed E-state index contributed by atoms with van der Waals surface area (Å²) in [5, 5.41) is 17.7. The van der Waals surface area contributed by atoms with Crippen LogP contribution in [0.3, 0.4) is 0 Å². The van der Waals surface area contributed by atoms with Gasteiger partial charge in [0.2, 0.25) is 0 Å². The minimum atomic E-state index is -1.18. The summed E-state index contributed by atoms with van der Waals surface area (Å²) in [6.45, 7) is 3.11. The molecular formula is C10H12NNaO4. The fourth-order valence-electron chi connectivity index (χ4n) is 1.38.